The number of anilines is 1. The van der Waals surface area contributed by atoms with E-state index in [1.807, 2.05) is 13.8 Å². The van der Waals surface area contributed by atoms with Crippen LogP contribution in [0.2, 0.25) is 0 Å². The van der Waals surface area contributed by atoms with Crippen LogP contribution in [0.25, 0.3) is 0 Å². The van der Waals surface area contributed by atoms with Gasteiger partial charge in [0.15, 0.2) is 0 Å². The number of halogens is 1. The van der Waals surface area contributed by atoms with Crippen molar-refractivity contribution < 1.29 is 18.7 Å². The number of hydrogen-bond donors (Lipinski definition) is 3. The standard InChI is InChI=1S/C26H33FN8O4/c1-14(2)35-19(9-11-29-35)25(37)31-22(21(15-4-5-15)16-6-7-16)26(38)30-18-12-34(33-23(18)27)20(13-39-3)17-8-10-28-32-24(17)36/h8-12,14-16,20-22H,4-7,13H2,1-3H3,(H,30,38)(H,31,37)(H,32,36)/t20-,22+/m1/s1. The van der Waals surface area contributed by atoms with E-state index in [-0.39, 0.29) is 29.8 Å². The van der Waals surface area contributed by atoms with E-state index in [0.29, 0.717) is 17.5 Å². The molecule has 3 heterocycles. The summed E-state index contributed by atoms with van der Waals surface area (Å²) in [6.07, 6.45) is 8.28. The summed E-state index contributed by atoms with van der Waals surface area (Å²) in [5.74, 6) is -1.19. The summed E-state index contributed by atoms with van der Waals surface area (Å²) < 4.78 is 23.1. The minimum Gasteiger partial charge on any atom is -0.382 e. The molecule has 0 bridgehead atoms. The van der Waals surface area contributed by atoms with E-state index in [0.717, 1.165) is 25.7 Å². The van der Waals surface area contributed by atoms with Gasteiger partial charge in [-0.3, -0.25) is 23.7 Å². The van der Waals surface area contributed by atoms with Crippen LogP contribution >= 0.6 is 0 Å². The van der Waals surface area contributed by atoms with E-state index in [2.05, 4.69) is 31.0 Å². The summed E-state index contributed by atoms with van der Waals surface area (Å²) >= 11 is 0. The molecule has 12 nitrogen and oxygen atoms in total. The lowest BCUT2D eigenvalue weighted by molar-refractivity contribution is -0.119. The van der Waals surface area contributed by atoms with E-state index in [4.69, 9.17) is 4.74 Å². The van der Waals surface area contributed by atoms with Crippen LogP contribution in [-0.2, 0) is 9.53 Å². The van der Waals surface area contributed by atoms with Crippen molar-refractivity contribution in [1.29, 1.82) is 0 Å². The van der Waals surface area contributed by atoms with Gasteiger partial charge in [-0.2, -0.15) is 14.6 Å². The zero-order valence-electron chi connectivity index (χ0n) is 22.1. The van der Waals surface area contributed by atoms with E-state index < -0.39 is 35.4 Å². The molecule has 3 aromatic heterocycles. The van der Waals surface area contributed by atoms with E-state index in [1.54, 1.807) is 16.9 Å². The predicted octanol–water partition coefficient (Wildman–Crippen LogP) is 2.29. The minimum atomic E-state index is -0.910. The molecule has 2 saturated carbocycles. The molecule has 0 radical (unpaired) electrons. The van der Waals surface area contributed by atoms with Crippen molar-refractivity contribution in [3.63, 3.8) is 0 Å². The Balaban J connectivity index is 1.40. The molecule has 208 valence electrons. The molecule has 0 spiro atoms. The monoisotopic (exact) mass is 540 g/mol. The third kappa shape index (κ3) is 5.77. The number of hydrogen-bond acceptors (Lipinski definition) is 7. The number of rotatable bonds is 12. The molecule has 5 rings (SSSR count). The summed E-state index contributed by atoms with van der Waals surface area (Å²) in [6, 6.07) is 1.48. The number of carbonyl (C=O) groups is 2. The Hall–Kier alpha value is -3.87. The van der Waals surface area contributed by atoms with E-state index >= 15 is 4.39 Å². The molecule has 13 heteroatoms. The van der Waals surface area contributed by atoms with Gasteiger partial charge in [0.05, 0.1) is 12.8 Å². The first-order valence-corrected chi connectivity index (χ1v) is 13.2. The highest BCUT2D eigenvalue weighted by Crippen LogP contribution is 2.51. The largest absolute Gasteiger partial charge is 0.382 e. The van der Waals surface area contributed by atoms with Crippen LogP contribution < -0.4 is 16.2 Å². The van der Waals surface area contributed by atoms with Crippen LogP contribution in [0.5, 0.6) is 0 Å². The lowest BCUT2D eigenvalue weighted by Gasteiger charge is -2.27. The van der Waals surface area contributed by atoms with E-state index in [1.165, 1.54) is 30.3 Å². The Morgan fingerprint density at radius 1 is 1.18 bits per heavy atom. The normalized spacial score (nSPS) is 16.9. The summed E-state index contributed by atoms with van der Waals surface area (Å²) in [4.78, 5) is 39.3. The minimum absolute atomic E-state index is 0.0370. The first-order chi connectivity index (χ1) is 18.8. The van der Waals surface area contributed by atoms with Crippen molar-refractivity contribution in [2.24, 2.45) is 17.8 Å². The van der Waals surface area contributed by atoms with Gasteiger partial charge in [-0.25, -0.2) is 5.10 Å². The van der Waals surface area contributed by atoms with Crippen molar-refractivity contribution in [3.8, 4) is 0 Å². The van der Waals surface area contributed by atoms with Crippen LogP contribution in [0.1, 0.15) is 67.7 Å². The SMILES string of the molecule is COC[C@H](c1ccn[nH]c1=O)n1cc(NC(=O)[C@@H](NC(=O)c2ccnn2C(C)C)C(C2CC2)C2CC2)c(F)n1. The molecule has 0 aromatic carbocycles. The zero-order valence-corrected chi connectivity index (χ0v) is 22.1. The quantitative estimate of drug-likeness (QED) is 0.319. The lowest BCUT2D eigenvalue weighted by atomic mass is 9.88. The molecule has 2 fully saturated rings. The fourth-order valence-electron chi connectivity index (χ4n) is 5.26. The number of H-pyrrole nitrogens is 1. The van der Waals surface area contributed by atoms with Crippen LogP contribution in [0.4, 0.5) is 10.1 Å². The second-order valence-corrected chi connectivity index (χ2v) is 10.6. The molecule has 2 atom stereocenters. The van der Waals surface area contributed by atoms with Crippen molar-refractivity contribution in [1.82, 2.24) is 35.1 Å². The lowest BCUT2D eigenvalue weighted by Crippen LogP contribution is -2.50. The van der Waals surface area contributed by atoms with Gasteiger partial charge < -0.3 is 15.4 Å². The number of aromatic nitrogens is 6. The summed E-state index contributed by atoms with van der Waals surface area (Å²) in [5, 5.41) is 19.8. The smallest absolute Gasteiger partial charge is 0.270 e. The van der Waals surface area contributed by atoms with E-state index in [9.17, 15) is 14.4 Å². The summed E-state index contributed by atoms with van der Waals surface area (Å²) in [5.41, 5.74) is 0.0309. The van der Waals surface area contributed by atoms with Crippen LogP contribution in [0.15, 0.2) is 35.5 Å². The fraction of sp³-hybridized carbons (Fsp3) is 0.538. The van der Waals surface area contributed by atoms with Gasteiger partial charge in [-0.1, -0.05) is 0 Å². The van der Waals surface area contributed by atoms with Crippen molar-refractivity contribution in [2.45, 2.75) is 57.7 Å². The molecular formula is C26H33FN8O4. The van der Waals surface area contributed by atoms with Crippen molar-refractivity contribution >= 4 is 17.5 Å². The highest BCUT2D eigenvalue weighted by atomic mass is 19.1. The molecular weight excluding hydrogens is 507 g/mol. The molecule has 0 aliphatic heterocycles. The van der Waals surface area contributed by atoms with Gasteiger partial charge in [-0.05, 0) is 69.4 Å². The molecule has 39 heavy (non-hydrogen) atoms. The van der Waals surface area contributed by atoms with Gasteiger partial charge in [0.1, 0.15) is 23.5 Å². The molecule has 0 unspecified atom stereocenters. The van der Waals surface area contributed by atoms with Crippen LogP contribution in [-0.4, -0.2) is 61.3 Å². The topological polar surface area (TPSA) is 149 Å². The zero-order chi connectivity index (χ0) is 27.7. The number of amides is 2. The Morgan fingerprint density at radius 3 is 2.51 bits per heavy atom. The third-order valence-electron chi connectivity index (χ3n) is 7.38. The van der Waals surface area contributed by atoms with Gasteiger partial charge >= 0.3 is 0 Å². The Bertz CT molecular complexity index is 1380. The number of carbonyl (C=O) groups excluding carboxylic acids is 2. The second-order valence-electron chi connectivity index (χ2n) is 10.6. The first-order valence-electron chi connectivity index (χ1n) is 13.2. The summed E-state index contributed by atoms with van der Waals surface area (Å²) in [7, 11) is 1.46. The first kappa shape index (κ1) is 26.7. The second kappa shape index (κ2) is 11.1. The van der Waals surface area contributed by atoms with Crippen molar-refractivity contribution in [2.75, 3.05) is 19.0 Å². The highest BCUT2D eigenvalue weighted by Gasteiger charge is 2.48. The Kier molecular flexibility index (Phi) is 7.60. The molecule has 3 aromatic rings. The molecule has 0 saturated heterocycles. The maximum atomic E-state index is 15.0. The van der Waals surface area contributed by atoms with Gasteiger partial charge in [-0.15, -0.1) is 5.10 Å². The number of nitrogens with one attached hydrogen (secondary N) is 3. The number of methoxy groups -OCH3 is 1. The maximum absolute atomic E-state index is 15.0. The maximum Gasteiger partial charge on any atom is 0.270 e. The van der Waals surface area contributed by atoms with Gasteiger partial charge in [0.25, 0.3) is 17.4 Å². The van der Waals surface area contributed by atoms with Gasteiger partial charge in [0, 0.05) is 31.1 Å². The number of ether oxygens (including phenoxy) is 1. The molecule has 2 aliphatic carbocycles. The average molecular weight is 541 g/mol. The van der Waals surface area contributed by atoms with Crippen molar-refractivity contribution in [3.05, 3.63) is 58.3 Å². The fourth-order valence-corrected chi connectivity index (χ4v) is 5.26. The molecule has 3 N–H and O–H groups in total. The summed E-state index contributed by atoms with van der Waals surface area (Å²) in [6.45, 7) is 3.87. The average Bonchev–Trinajstić information content (AvgIpc) is 3.84. The predicted molar refractivity (Wildman–Crippen MR) is 138 cm³/mol. The Labute approximate surface area is 224 Å². The van der Waals surface area contributed by atoms with Crippen LogP contribution in [0.3, 0.4) is 0 Å². The number of aromatic amines is 1. The van der Waals surface area contributed by atoms with Gasteiger partial charge in [0.2, 0.25) is 5.91 Å². The highest BCUT2D eigenvalue weighted by molar-refractivity contribution is 6.00. The number of nitrogens with zero attached hydrogens (tertiary/aromatic N) is 5. The molecule has 2 aliphatic rings. The third-order valence-corrected chi connectivity index (χ3v) is 7.38. The molecule has 2 amide bonds. The van der Waals surface area contributed by atoms with Crippen LogP contribution in [0, 0.1) is 23.7 Å². The Morgan fingerprint density at radius 2 is 1.90 bits per heavy atom.